The van der Waals surface area contributed by atoms with Crippen LogP contribution in [0.2, 0.25) is 5.02 Å². The lowest BCUT2D eigenvalue weighted by atomic mass is 9.64. The molecule has 0 bridgehead atoms. The highest BCUT2D eigenvalue weighted by molar-refractivity contribution is 6.32. The maximum absolute atomic E-state index is 13.6. The van der Waals surface area contributed by atoms with Crippen molar-refractivity contribution in [3.63, 3.8) is 0 Å². The first kappa shape index (κ1) is 27.9. The van der Waals surface area contributed by atoms with Crippen molar-refractivity contribution in [3.8, 4) is 11.5 Å². The number of allylic oxidation sites excluding steroid dienone is 4. The number of carbonyl (C=O) groups is 2. The Kier molecular flexibility index (Phi) is 7.03. The van der Waals surface area contributed by atoms with Crippen LogP contribution >= 0.6 is 11.6 Å². The number of rotatable bonds is 6. The van der Waals surface area contributed by atoms with Gasteiger partial charge in [-0.3, -0.25) is 19.7 Å². The number of ketones is 2. The van der Waals surface area contributed by atoms with Gasteiger partial charge in [-0.25, -0.2) is 0 Å². The molecule has 0 radical (unpaired) electrons. The number of nitro benzene ring substituents is 1. The summed E-state index contributed by atoms with van der Waals surface area (Å²) in [5.41, 5.74) is 4.05. The SMILES string of the molecule is COc1cc(C2C3=C(CC(C)(C)CC3=O)NC3=C2C(=O)CC(C)(C)C3)cc(Cl)c1OCc1ccc([N+](=O)[O-])cc1. The van der Waals surface area contributed by atoms with Gasteiger partial charge in [-0.05, 0) is 59.1 Å². The number of hydrogen-bond donors (Lipinski definition) is 1. The standard InChI is InChI=1S/C31H33ClN2O6/c1-30(2)12-21-27(23(35)14-30)26(28-22(33-21)13-31(3,4)15-24(28)36)18-10-20(32)29(25(11-18)39-5)40-16-17-6-8-19(9-7-17)34(37)38/h6-11,26,33H,12-16H2,1-5H3. The second-order valence-corrected chi connectivity index (χ2v) is 12.9. The van der Waals surface area contributed by atoms with Crippen molar-refractivity contribution in [2.45, 2.75) is 65.9 Å². The fourth-order valence-corrected chi connectivity index (χ4v) is 6.41. The van der Waals surface area contributed by atoms with Crippen molar-refractivity contribution in [3.05, 3.63) is 85.2 Å². The van der Waals surface area contributed by atoms with Gasteiger partial charge in [0.25, 0.3) is 5.69 Å². The number of hydrogen-bond acceptors (Lipinski definition) is 7. The molecule has 2 aromatic carbocycles. The van der Waals surface area contributed by atoms with Crippen LogP contribution in [-0.4, -0.2) is 23.6 Å². The van der Waals surface area contributed by atoms with E-state index in [1.165, 1.54) is 19.2 Å². The smallest absolute Gasteiger partial charge is 0.269 e. The van der Waals surface area contributed by atoms with Crippen LogP contribution in [0.3, 0.4) is 0 Å². The minimum absolute atomic E-state index is 0.00525. The van der Waals surface area contributed by atoms with Crippen molar-refractivity contribution in [2.24, 2.45) is 10.8 Å². The molecule has 0 amide bonds. The molecule has 2 aromatic rings. The van der Waals surface area contributed by atoms with Crippen molar-refractivity contribution in [1.82, 2.24) is 5.32 Å². The van der Waals surface area contributed by atoms with Crippen LogP contribution in [0.15, 0.2) is 58.9 Å². The molecule has 1 N–H and O–H groups in total. The highest BCUT2D eigenvalue weighted by Gasteiger charge is 2.46. The molecule has 8 nitrogen and oxygen atoms in total. The number of Topliss-reactive ketones (excluding diaryl/α,β-unsaturated/α-hetero) is 2. The van der Waals surface area contributed by atoms with E-state index in [9.17, 15) is 19.7 Å². The molecular formula is C31H33ClN2O6. The number of halogens is 1. The zero-order valence-corrected chi connectivity index (χ0v) is 24.1. The van der Waals surface area contributed by atoms with Crippen LogP contribution in [0.4, 0.5) is 5.69 Å². The summed E-state index contributed by atoms with van der Waals surface area (Å²) < 4.78 is 11.7. The van der Waals surface area contributed by atoms with Crippen molar-refractivity contribution < 1.29 is 24.0 Å². The van der Waals surface area contributed by atoms with Crippen LogP contribution in [0, 0.1) is 20.9 Å². The Morgan fingerprint density at radius 1 is 0.950 bits per heavy atom. The average molecular weight is 565 g/mol. The van der Waals surface area contributed by atoms with Crippen molar-refractivity contribution in [2.75, 3.05) is 7.11 Å². The number of nitrogens with zero attached hydrogens (tertiary/aromatic N) is 1. The fourth-order valence-electron chi connectivity index (χ4n) is 6.14. The number of ether oxygens (including phenoxy) is 2. The molecule has 9 heteroatoms. The Labute approximate surface area is 238 Å². The predicted molar refractivity (Wildman–Crippen MR) is 151 cm³/mol. The Morgan fingerprint density at radius 2 is 1.50 bits per heavy atom. The first-order chi connectivity index (χ1) is 18.8. The van der Waals surface area contributed by atoms with E-state index in [4.69, 9.17) is 21.1 Å². The van der Waals surface area contributed by atoms with Gasteiger partial charge in [0.1, 0.15) is 6.61 Å². The second-order valence-electron chi connectivity index (χ2n) is 12.5. The minimum atomic E-state index is -0.548. The maximum Gasteiger partial charge on any atom is 0.269 e. The van der Waals surface area contributed by atoms with E-state index in [1.807, 2.05) is 0 Å². The van der Waals surface area contributed by atoms with Gasteiger partial charge in [-0.2, -0.15) is 0 Å². The topological polar surface area (TPSA) is 108 Å². The maximum atomic E-state index is 13.6. The molecule has 2 aliphatic carbocycles. The predicted octanol–water partition coefficient (Wildman–Crippen LogP) is 6.81. The van der Waals surface area contributed by atoms with Crippen molar-refractivity contribution >= 4 is 28.9 Å². The summed E-state index contributed by atoms with van der Waals surface area (Å²) in [6, 6.07) is 9.62. The summed E-state index contributed by atoms with van der Waals surface area (Å²) in [4.78, 5) is 37.7. The zero-order chi connectivity index (χ0) is 29.0. The molecule has 0 spiro atoms. The molecule has 1 heterocycles. The molecule has 1 aliphatic heterocycles. The van der Waals surface area contributed by atoms with Crippen LogP contribution in [-0.2, 0) is 16.2 Å². The first-order valence-electron chi connectivity index (χ1n) is 13.3. The normalized spacial score (nSPS) is 20.1. The summed E-state index contributed by atoms with van der Waals surface area (Å²) in [5, 5.41) is 14.8. The third-order valence-corrected chi connectivity index (χ3v) is 8.12. The lowest BCUT2D eigenvalue weighted by molar-refractivity contribution is -0.384. The van der Waals surface area contributed by atoms with E-state index in [-0.39, 0.29) is 39.7 Å². The molecule has 0 fully saturated rings. The lowest BCUT2D eigenvalue weighted by Crippen LogP contribution is -2.42. The third-order valence-electron chi connectivity index (χ3n) is 7.83. The van der Waals surface area contributed by atoms with Gasteiger partial charge in [0.05, 0.1) is 17.1 Å². The zero-order valence-electron chi connectivity index (χ0n) is 23.4. The van der Waals surface area contributed by atoms with E-state index in [2.05, 4.69) is 33.0 Å². The number of non-ortho nitro benzene ring substituents is 1. The molecule has 0 unspecified atom stereocenters. The lowest BCUT2D eigenvalue weighted by Gasteiger charge is -2.44. The Hall–Kier alpha value is -3.65. The highest BCUT2D eigenvalue weighted by atomic mass is 35.5. The van der Waals surface area contributed by atoms with Gasteiger partial charge in [-0.15, -0.1) is 0 Å². The molecule has 0 aromatic heterocycles. The number of dihydropyridines is 1. The van der Waals surface area contributed by atoms with Gasteiger partial charge in [0, 0.05) is 53.4 Å². The molecule has 0 saturated carbocycles. The van der Waals surface area contributed by atoms with E-state index < -0.39 is 10.8 Å². The summed E-state index contributed by atoms with van der Waals surface area (Å²) in [5.74, 6) is 0.201. The monoisotopic (exact) mass is 564 g/mol. The summed E-state index contributed by atoms with van der Waals surface area (Å²) in [6.45, 7) is 8.46. The van der Waals surface area contributed by atoms with Crippen LogP contribution in [0.1, 0.15) is 70.4 Å². The van der Waals surface area contributed by atoms with E-state index >= 15 is 0 Å². The Balaban J connectivity index is 1.55. The van der Waals surface area contributed by atoms with E-state index in [0.717, 1.165) is 17.0 Å². The van der Waals surface area contributed by atoms with Gasteiger partial charge in [0.2, 0.25) is 0 Å². The summed E-state index contributed by atoms with van der Waals surface area (Å²) in [6.07, 6.45) is 2.20. The minimum Gasteiger partial charge on any atom is -0.493 e. The number of methoxy groups -OCH3 is 1. The van der Waals surface area contributed by atoms with Crippen molar-refractivity contribution in [1.29, 1.82) is 0 Å². The molecular weight excluding hydrogens is 532 g/mol. The molecule has 3 aliphatic rings. The summed E-state index contributed by atoms with van der Waals surface area (Å²) in [7, 11) is 1.51. The van der Waals surface area contributed by atoms with Crippen LogP contribution < -0.4 is 14.8 Å². The summed E-state index contributed by atoms with van der Waals surface area (Å²) >= 11 is 6.77. The largest absolute Gasteiger partial charge is 0.493 e. The number of nitrogens with one attached hydrogen (secondary N) is 1. The first-order valence-corrected chi connectivity index (χ1v) is 13.7. The van der Waals surface area contributed by atoms with Gasteiger partial charge >= 0.3 is 0 Å². The van der Waals surface area contributed by atoms with Gasteiger partial charge in [-0.1, -0.05) is 39.3 Å². The highest BCUT2D eigenvalue weighted by Crippen LogP contribution is 2.52. The molecule has 40 heavy (non-hydrogen) atoms. The molecule has 5 rings (SSSR count). The molecule has 210 valence electrons. The Morgan fingerprint density at radius 3 is 2.00 bits per heavy atom. The fraction of sp³-hybridized carbons (Fsp3) is 0.419. The third kappa shape index (κ3) is 5.24. The molecule has 0 atom stereocenters. The van der Waals surface area contributed by atoms with Gasteiger partial charge < -0.3 is 14.8 Å². The quantitative estimate of drug-likeness (QED) is 0.303. The van der Waals surface area contributed by atoms with Crippen LogP contribution in [0.25, 0.3) is 0 Å². The Bertz CT molecular complexity index is 1430. The number of carbonyl (C=O) groups excluding carboxylic acids is 2. The van der Waals surface area contributed by atoms with Crippen LogP contribution in [0.5, 0.6) is 11.5 Å². The number of nitro groups is 1. The van der Waals surface area contributed by atoms with E-state index in [0.29, 0.717) is 53.9 Å². The molecule has 0 saturated heterocycles. The van der Waals surface area contributed by atoms with Gasteiger partial charge in [0.15, 0.2) is 23.1 Å². The second kappa shape index (κ2) is 10.1. The average Bonchev–Trinajstić information content (AvgIpc) is 2.85. The van der Waals surface area contributed by atoms with E-state index in [1.54, 1.807) is 24.3 Å². The number of benzene rings is 2.